The SMILES string of the molecule is NC1=NC(c2ccc(F)cc2)CS1. The van der Waals surface area contributed by atoms with Crippen molar-refractivity contribution in [3.8, 4) is 0 Å². The lowest BCUT2D eigenvalue weighted by molar-refractivity contribution is 0.626. The van der Waals surface area contributed by atoms with E-state index < -0.39 is 0 Å². The van der Waals surface area contributed by atoms with E-state index in [4.69, 9.17) is 5.73 Å². The number of aliphatic imine (C=N–C) groups is 1. The monoisotopic (exact) mass is 196 g/mol. The van der Waals surface area contributed by atoms with Crippen LogP contribution in [0.2, 0.25) is 0 Å². The highest BCUT2D eigenvalue weighted by Crippen LogP contribution is 2.28. The predicted octanol–water partition coefficient (Wildman–Crippen LogP) is 1.93. The minimum atomic E-state index is -0.216. The highest BCUT2D eigenvalue weighted by Gasteiger charge is 2.17. The molecule has 4 heteroatoms. The lowest BCUT2D eigenvalue weighted by Crippen LogP contribution is -2.01. The van der Waals surface area contributed by atoms with Crippen molar-refractivity contribution in [3.63, 3.8) is 0 Å². The van der Waals surface area contributed by atoms with Gasteiger partial charge in [0.15, 0.2) is 5.17 Å². The first kappa shape index (κ1) is 8.56. The molecule has 13 heavy (non-hydrogen) atoms. The van der Waals surface area contributed by atoms with Crippen LogP contribution in [0.1, 0.15) is 11.6 Å². The van der Waals surface area contributed by atoms with Gasteiger partial charge in [0.1, 0.15) is 5.82 Å². The Labute approximate surface area is 80.0 Å². The van der Waals surface area contributed by atoms with E-state index in [1.165, 1.54) is 23.9 Å². The average molecular weight is 196 g/mol. The number of amidine groups is 1. The number of nitrogens with zero attached hydrogens (tertiary/aromatic N) is 1. The van der Waals surface area contributed by atoms with E-state index in [-0.39, 0.29) is 11.9 Å². The van der Waals surface area contributed by atoms with Gasteiger partial charge in [0, 0.05) is 5.75 Å². The zero-order valence-corrected chi connectivity index (χ0v) is 7.72. The van der Waals surface area contributed by atoms with Crippen molar-refractivity contribution in [1.82, 2.24) is 0 Å². The van der Waals surface area contributed by atoms with E-state index in [2.05, 4.69) is 4.99 Å². The van der Waals surface area contributed by atoms with Gasteiger partial charge in [-0.25, -0.2) is 4.39 Å². The Balaban J connectivity index is 2.22. The first-order chi connectivity index (χ1) is 6.25. The summed E-state index contributed by atoms with van der Waals surface area (Å²) < 4.78 is 12.6. The Morgan fingerprint density at radius 3 is 2.62 bits per heavy atom. The summed E-state index contributed by atoms with van der Waals surface area (Å²) in [5.74, 6) is 0.642. The van der Waals surface area contributed by atoms with Crippen LogP contribution in [-0.4, -0.2) is 10.9 Å². The van der Waals surface area contributed by atoms with Gasteiger partial charge < -0.3 is 5.73 Å². The lowest BCUT2D eigenvalue weighted by Gasteiger charge is -2.04. The van der Waals surface area contributed by atoms with Gasteiger partial charge in [-0.1, -0.05) is 23.9 Å². The van der Waals surface area contributed by atoms with Crippen LogP contribution in [0.4, 0.5) is 4.39 Å². The van der Waals surface area contributed by atoms with E-state index in [9.17, 15) is 4.39 Å². The molecule has 2 rings (SSSR count). The Morgan fingerprint density at radius 2 is 2.08 bits per heavy atom. The van der Waals surface area contributed by atoms with Crippen LogP contribution in [0.15, 0.2) is 29.3 Å². The van der Waals surface area contributed by atoms with Gasteiger partial charge >= 0.3 is 0 Å². The number of benzene rings is 1. The maximum absolute atomic E-state index is 12.6. The fourth-order valence-corrected chi connectivity index (χ4v) is 2.05. The molecular weight excluding hydrogens is 187 g/mol. The van der Waals surface area contributed by atoms with Crippen molar-refractivity contribution in [1.29, 1.82) is 0 Å². The zero-order valence-electron chi connectivity index (χ0n) is 6.90. The average Bonchev–Trinajstić information content (AvgIpc) is 2.53. The molecule has 1 unspecified atom stereocenters. The number of hydrogen-bond acceptors (Lipinski definition) is 3. The van der Waals surface area contributed by atoms with Crippen LogP contribution < -0.4 is 5.73 Å². The third-order valence-corrected chi connectivity index (χ3v) is 2.81. The molecule has 1 heterocycles. The van der Waals surface area contributed by atoms with Crippen LogP contribution in [0, 0.1) is 5.82 Å². The summed E-state index contributed by atoms with van der Waals surface area (Å²) in [4.78, 5) is 4.22. The van der Waals surface area contributed by atoms with Gasteiger partial charge in [-0.15, -0.1) is 0 Å². The van der Waals surface area contributed by atoms with Crippen LogP contribution in [0.5, 0.6) is 0 Å². The molecule has 1 aliphatic heterocycles. The normalized spacial score (nSPS) is 21.6. The van der Waals surface area contributed by atoms with E-state index in [0.29, 0.717) is 5.17 Å². The fourth-order valence-electron chi connectivity index (χ4n) is 1.25. The van der Waals surface area contributed by atoms with Gasteiger partial charge in [-0.05, 0) is 17.7 Å². The van der Waals surface area contributed by atoms with Crippen molar-refractivity contribution in [3.05, 3.63) is 35.6 Å². The van der Waals surface area contributed by atoms with Crippen LogP contribution in [0.3, 0.4) is 0 Å². The van der Waals surface area contributed by atoms with Crippen molar-refractivity contribution < 1.29 is 4.39 Å². The van der Waals surface area contributed by atoms with Crippen molar-refractivity contribution >= 4 is 16.9 Å². The first-order valence-electron chi connectivity index (χ1n) is 3.97. The van der Waals surface area contributed by atoms with E-state index in [1.807, 2.05) is 0 Å². The molecule has 0 saturated heterocycles. The molecular formula is C9H9FN2S. The second-order valence-corrected chi connectivity index (χ2v) is 3.89. The molecule has 0 aromatic heterocycles. The summed E-state index contributed by atoms with van der Waals surface area (Å²) in [6, 6.07) is 6.50. The zero-order chi connectivity index (χ0) is 9.26. The Morgan fingerprint density at radius 1 is 1.38 bits per heavy atom. The van der Waals surface area contributed by atoms with Crippen LogP contribution in [-0.2, 0) is 0 Å². The Bertz CT molecular complexity index is 334. The Hall–Kier alpha value is -1.03. The van der Waals surface area contributed by atoms with Gasteiger partial charge in [0.05, 0.1) is 6.04 Å². The van der Waals surface area contributed by atoms with Crippen molar-refractivity contribution in [2.75, 3.05) is 5.75 Å². The standard InChI is InChI=1S/C9H9FN2S/c10-7-3-1-6(2-4-7)8-5-13-9(11)12-8/h1-4,8H,5H2,(H2,11,12). The van der Waals surface area contributed by atoms with Crippen LogP contribution >= 0.6 is 11.8 Å². The van der Waals surface area contributed by atoms with E-state index in [0.717, 1.165) is 11.3 Å². The number of hydrogen-bond donors (Lipinski definition) is 1. The third kappa shape index (κ3) is 1.83. The van der Waals surface area contributed by atoms with Gasteiger partial charge in [-0.2, -0.15) is 0 Å². The second-order valence-electron chi connectivity index (χ2n) is 2.85. The number of nitrogens with two attached hydrogens (primary N) is 1. The van der Waals surface area contributed by atoms with E-state index >= 15 is 0 Å². The lowest BCUT2D eigenvalue weighted by atomic mass is 10.1. The first-order valence-corrected chi connectivity index (χ1v) is 4.96. The molecule has 0 saturated carbocycles. The fraction of sp³-hybridized carbons (Fsp3) is 0.222. The number of thioether (sulfide) groups is 1. The number of halogens is 1. The molecule has 1 aromatic rings. The van der Waals surface area contributed by atoms with Crippen molar-refractivity contribution in [2.24, 2.45) is 10.7 Å². The largest absolute Gasteiger partial charge is 0.379 e. The van der Waals surface area contributed by atoms with Gasteiger partial charge in [-0.3, -0.25) is 4.99 Å². The smallest absolute Gasteiger partial charge is 0.154 e. The van der Waals surface area contributed by atoms with Gasteiger partial charge in [0.2, 0.25) is 0 Å². The Kier molecular flexibility index (Phi) is 2.22. The molecule has 0 spiro atoms. The summed E-state index contributed by atoms with van der Waals surface area (Å²) >= 11 is 1.54. The van der Waals surface area contributed by atoms with Crippen LogP contribution in [0.25, 0.3) is 0 Å². The summed E-state index contributed by atoms with van der Waals surface area (Å²) in [6.45, 7) is 0. The van der Waals surface area contributed by atoms with Crippen molar-refractivity contribution in [2.45, 2.75) is 6.04 Å². The summed E-state index contributed by atoms with van der Waals surface area (Å²) in [5, 5.41) is 0.620. The molecule has 0 aliphatic carbocycles. The molecule has 1 atom stereocenters. The molecule has 0 radical (unpaired) electrons. The molecule has 2 N–H and O–H groups in total. The topological polar surface area (TPSA) is 38.4 Å². The quantitative estimate of drug-likeness (QED) is 0.745. The second kappa shape index (κ2) is 3.38. The minimum Gasteiger partial charge on any atom is -0.379 e. The summed E-state index contributed by atoms with van der Waals surface area (Å²) in [6.07, 6.45) is 0. The highest BCUT2D eigenvalue weighted by molar-refractivity contribution is 8.14. The molecule has 1 aliphatic rings. The third-order valence-electron chi connectivity index (χ3n) is 1.93. The maximum Gasteiger partial charge on any atom is 0.154 e. The maximum atomic E-state index is 12.6. The number of rotatable bonds is 1. The summed E-state index contributed by atoms with van der Waals surface area (Å²) in [5.41, 5.74) is 6.55. The minimum absolute atomic E-state index is 0.102. The van der Waals surface area contributed by atoms with E-state index in [1.54, 1.807) is 12.1 Å². The molecule has 1 aromatic carbocycles. The molecule has 0 fully saturated rings. The predicted molar refractivity (Wildman–Crippen MR) is 53.2 cm³/mol. The highest BCUT2D eigenvalue weighted by atomic mass is 32.2. The van der Waals surface area contributed by atoms with Gasteiger partial charge in [0.25, 0.3) is 0 Å². The molecule has 0 bridgehead atoms. The molecule has 68 valence electrons. The summed E-state index contributed by atoms with van der Waals surface area (Å²) in [7, 11) is 0. The molecule has 0 amide bonds. The molecule has 2 nitrogen and oxygen atoms in total.